The number of carboxylic acid groups (broad SMARTS) is 2. The van der Waals surface area contributed by atoms with Crippen LogP contribution in [0.5, 0.6) is 0 Å². The van der Waals surface area contributed by atoms with Gasteiger partial charge in [0.05, 0.1) is 5.97 Å². The molecule has 0 aromatic rings. The van der Waals surface area contributed by atoms with Gasteiger partial charge in [-0.05, 0) is 13.0 Å². The van der Waals surface area contributed by atoms with Gasteiger partial charge in [-0.2, -0.15) is 0 Å². The van der Waals surface area contributed by atoms with Gasteiger partial charge < -0.3 is 15.0 Å². The Labute approximate surface area is 82.8 Å². The molecule has 0 saturated heterocycles. The molecule has 0 saturated carbocycles. The van der Waals surface area contributed by atoms with Crippen LogP contribution in [0.4, 0.5) is 0 Å². The van der Waals surface area contributed by atoms with Crippen LogP contribution in [0.3, 0.4) is 0 Å². The molecule has 0 unspecified atom stereocenters. The maximum atomic E-state index is 9.60. The van der Waals surface area contributed by atoms with E-state index in [-0.39, 0.29) is 24.4 Å². The Kier molecular flexibility index (Phi) is 14.4. The molecule has 1 N–H and O–H groups in total. The topological polar surface area (TPSA) is 77.4 Å². The van der Waals surface area contributed by atoms with Gasteiger partial charge in [-0.3, -0.25) is 0 Å². The van der Waals surface area contributed by atoms with Crippen LogP contribution in [0.25, 0.3) is 0 Å². The summed E-state index contributed by atoms with van der Waals surface area (Å²) in [5, 5.41) is 17.0. The van der Waals surface area contributed by atoms with Crippen LogP contribution in [-0.4, -0.2) is 17.0 Å². The van der Waals surface area contributed by atoms with E-state index < -0.39 is 11.9 Å². The molecule has 0 spiro atoms. The summed E-state index contributed by atoms with van der Waals surface area (Å²) < 4.78 is 0. The van der Waals surface area contributed by atoms with Crippen molar-refractivity contribution < 1.29 is 38.7 Å². The minimum absolute atomic E-state index is 0. The predicted octanol–water partition coefficient (Wildman–Crippen LogP) is -3.43. The summed E-state index contributed by atoms with van der Waals surface area (Å²) in [6, 6.07) is 0. The van der Waals surface area contributed by atoms with Crippen molar-refractivity contribution in [1.29, 1.82) is 0 Å². The fourth-order valence-electron chi connectivity index (χ4n) is 0. The molecule has 0 aliphatic rings. The molecule has 0 aromatic heterocycles. The first-order chi connectivity index (χ1) is 4.91. The van der Waals surface area contributed by atoms with Gasteiger partial charge in [-0.1, -0.05) is 13.2 Å². The van der Waals surface area contributed by atoms with Crippen LogP contribution in [0.2, 0.25) is 0 Å². The Morgan fingerprint density at radius 3 is 1.67 bits per heavy atom. The number of aliphatic carboxylic acids is 2. The standard InChI is InChI=1S/C4H6O2.C3H4O2.Li/c1-3(2)4(5)6;1-2-3(4)5;/h1H2,2H3,(H,5,6);2H,1H2,(H,4,5);/q;;+1/p-1. The molecule has 5 heteroatoms. The van der Waals surface area contributed by atoms with Gasteiger partial charge in [-0.25, -0.2) is 4.79 Å². The Balaban J connectivity index is -0.000000126. The molecule has 4 nitrogen and oxygen atoms in total. The van der Waals surface area contributed by atoms with E-state index in [0.717, 1.165) is 6.08 Å². The number of hydrogen-bond donors (Lipinski definition) is 1. The van der Waals surface area contributed by atoms with Crippen LogP contribution >= 0.6 is 0 Å². The van der Waals surface area contributed by atoms with Crippen molar-refractivity contribution in [2.45, 2.75) is 6.92 Å². The molecule has 62 valence electrons. The summed E-state index contributed by atoms with van der Waals surface area (Å²) in [4.78, 5) is 18.7. The van der Waals surface area contributed by atoms with E-state index in [1.165, 1.54) is 6.92 Å². The minimum Gasteiger partial charge on any atom is -0.545 e. The predicted molar refractivity (Wildman–Crippen MR) is 37.7 cm³/mol. The maximum absolute atomic E-state index is 9.60. The van der Waals surface area contributed by atoms with Gasteiger partial charge in [0, 0.05) is 5.57 Å². The first kappa shape index (κ1) is 17.2. The van der Waals surface area contributed by atoms with E-state index in [9.17, 15) is 4.79 Å². The zero-order valence-corrected chi connectivity index (χ0v) is 7.16. The van der Waals surface area contributed by atoms with E-state index >= 15 is 0 Å². The normalized spacial score (nSPS) is 6.42. The molecule has 0 rings (SSSR count). The summed E-state index contributed by atoms with van der Waals surface area (Å²) >= 11 is 0. The van der Waals surface area contributed by atoms with Crippen LogP contribution in [0.15, 0.2) is 24.8 Å². The maximum Gasteiger partial charge on any atom is 1.00 e. The number of rotatable bonds is 2. The molecule has 0 heterocycles. The van der Waals surface area contributed by atoms with Crippen LogP contribution < -0.4 is 24.0 Å². The van der Waals surface area contributed by atoms with Crippen molar-refractivity contribution in [2.75, 3.05) is 0 Å². The Hall–Kier alpha value is -0.983. The third kappa shape index (κ3) is 23.0. The van der Waals surface area contributed by atoms with E-state index in [1.807, 2.05) is 0 Å². The average molecular weight is 164 g/mol. The summed E-state index contributed by atoms with van der Waals surface area (Å²) in [6.07, 6.45) is 0.722. The minimum atomic E-state index is -1.23. The van der Waals surface area contributed by atoms with Crippen molar-refractivity contribution in [2.24, 2.45) is 0 Å². The second kappa shape index (κ2) is 10.0. The van der Waals surface area contributed by atoms with Gasteiger partial charge in [0.15, 0.2) is 0 Å². The molecule has 0 bridgehead atoms. The SMILES string of the molecule is C=C(C)C(=O)O.C=CC(=O)[O-].[Li+]. The number of carboxylic acids is 2. The first-order valence-corrected chi connectivity index (χ1v) is 2.64. The quantitative estimate of drug-likeness (QED) is 0.340. The van der Waals surface area contributed by atoms with Gasteiger partial charge in [0.1, 0.15) is 0 Å². The summed E-state index contributed by atoms with van der Waals surface area (Å²) in [6.45, 7) is 7.50. The Bertz CT molecular complexity index is 174. The fraction of sp³-hybridized carbons (Fsp3) is 0.143. The molecule has 0 amide bonds. The van der Waals surface area contributed by atoms with E-state index in [0.29, 0.717) is 0 Å². The van der Waals surface area contributed by atoms with Crippen molar-refractivity contribution in [3.05, 3.63) is 24.8 Å². The number of carbonyl (C=O) groups is 2. The van der Waals surface area contributed by atoms with E-state index in [1.54, 1.807) is 0 Å². The fourth-order valence-corrected chi connectivity index (χ4v) is 0. The van der Waals surface area contributed by atoms with Crippen LogP contribution in [-0.2, 0) is 9.59 Å². The van der Waals surface area contributed by atoms with Crippen LogP contribution in [0, 0.1) is 0 Å². The Morgan fingerprint density at radius 1 is 1.50 bits per heavy atom. The first-order valence-electron chi connectivity index (χ1n) is 2.64. The molecule has 0 aliphatic heterocycles. The average Bonchev–Trinajstić information content (AvgIpc) is 1.89. The monoisotopic (exact) mass is 164 g/mol. The van der Waals surface area contributed by atoms with Gasteiger partial charge in [0.2, 0.25) is 0 Å². The molecule has 0 fully saturated rings. The van der Waals surface area contributed by atoms with Crippen molar-refractivity contribution in [1.82, 2.24) is 0 Å². The van der Waals surface area contributed by atoms with Crippen molar-refractivity contribution >= 4 is 11.9 Å². The van der Waals surface area contributed by atoms with E-state index in [4.69, 9.17) is 15.0 Å². The third-order valence-electron chi connectivity index (χ3n) is 0.532. The van der Waals surface area contributed by atoms with Crippen molar-refractivity contribution in [3.63, 3.8) is 0 Å². The zero-order chi connectivity index (χ0) is 9.44. The van der Waals surface area contributed by atoms with Gasteiger partial charge in [-0.15, -0.1) is 0 Å². The van der Waals surface area contributed by atoms with Crippen LogP contribution in [0.1, 0.15) is 6.92 Å². The van der Waals surface area contributed by atoms with Crippen molar-refractivity contribution in [3.8, 4) is 0 Å². The molecule has 0 aromatic carbocycles. The molecule has 0 atom stereocenters. The zero-order valence-electron chi connectivity index (χ0n) is 7.16. The second-order valence-electron chi connectivity index (χ2n) is 1.61. The molecule has 0 aliphatic carbocycles. The van der Waals surface area contributed by atoms with Gasteiger partial charge >= 0.3 is 24.8 Å². The summed E-state index contributed by atoms with van der Waals surface area (Å²) in [7, 11) is 0. The Morgan fingerprint density at radius 2 is 1.67 bits per heavy atom. The number of hydrogen-bond acceptors (Lipinski definition) is 3. The summed E-state index contributed by atoms with van der Waals surface area (Å²) in [5.41, 5.74) is 0.176. The molecule has 12 heavy (non-hydrogen) atoms. The molecular weight excluding hydrogens is 155 g/mol. The smallest absolute Gasteiger partial charge is 0.545 e. The number of carbonyl (C=O) groups excluding carboxylic acids is 1. The van der Waals surface area contributed by atoms with Gasteiger partial charge in [0.25, 0.3) is 0 Å². The molecular formula is C7H9LiO4. The third-order valence-corrected chi connectivity index (χ3v) is 0.532. The van der Waals surface area contributed by atoms with E-state index in [2.05, 4.69) is 13.2 Å². The molecule has 0 radical (unpaired) electrons. The second-order valence-corrected chi connectivity index (χ2v) is 1.61. The largest absolute Gasteiger partial charge is 1.00 e. The summed E-state index contributed by atoms with van der Waals surface area (Å²) in [5.74, 6) is -2.17.